The normalized spacial score (nSPS) is 13.8. The van der Waals surface area contributed by atoms with E-state index in [0.717, 1.165) is 13.1 Å². The topological polar surface area (TPSA) is 34.2 Å². The monoisotopic (exact) mass is 209 g/mol. The van der Waals surface area contributed by atoms with Gasteiger partial charge in [-0.25, -0.2) is 0 Å². The molecule has 0 saturated carbocycles. The second-order valence-electron chi connectivity index (χ2n) is 4.76. The van der Waals surface area contributed by atoms with Crippen LogP contribution in [-0.2, 0) is 6.54 Å². The van der Waals surface area contributed by atoms with Gasteiger partial charge in [-0.05, 0) is 31.6 Å². The average molecular weight is 209 g/mol. The number of rotatable bonds is 5. The van der Waals surface area contributed by atoms with Gasteiger partial charge in [-0.1, -0.05) is 13.8 Å². The van der Waals surface area contributed by atoms with Gasteiger partial charge < -0.3 is 15.2 Å². The third kappa shape index (κ3) is 3.68. The van der Waals surface area contributed by atoms with E-state index in [-0.39, 0.29) is 6.04 Å². The third-order valence-corrected chi connectivity index (χ3v) is 2.68. The highest BCUT2D eigenvalue weighted by Crippen LogP contribution is 2.18. The summed E-state index contributed by atoms with van der Waals surface area (Å²) in [5.41, 5.74) is 7.32. The maximum atomic E-state index is 6.08. The lowest BCUT2D eigenvalue weighted by atomic mass is 10.00. The molecule has 0 aliphatic rings. The van der Waals surface area contributed by atoms with Crippen molar-refractivity contribution in [3.63, 3.8) is 0 Å². The molecule has 1 aromatic rings. The second-order valence-corrected chi connectivity index (χ2v) is 4.76. The number of hydrogen-bond donors (Lipinski definition) is 1. The van der Waals surface area contributed by atoms with Crippen LogP contribution in [0.25, 0.3) is 0 Å². The Labute approximate surface area is 92.9 Å². The van der Waals surface area contributed by atoms with Gasteiger partial charge >= 0.3 is 0 Å². The molecular formula is C12H23N3. The van der Waals surface area contributed by atoms with Gasteiger partial charge in [0.2, 0.25) is 0 Å². The van der Waals surface area contributed by atoms with Gasteiger partial charge in [-0.15, -0.1) is 0 Å². The summed E-state index contributed by atoms with van der Waals surface area (Å²) in [7, 11) is 4.18. The maximum absolute atomic E-state index is 6.08. The predicted octanol–water partition coefficient (Wildman–Crippen LogP) is 1.71. The van der Waals surface area contributed by atoms with Gasteiger partial charge in [0.1, 0.15) is 0 Å². The molecule has 0 amide bonds. The van der Waals surface area contributed by atoms with Gasteiger partial charge in [0.05, 0.1) is 0 Å². The Balaban J connectivity index is 2.56. The molecule has 1 rings (SSSR count). The number of likely N-dealkylation sites (N-methyl/N-ethyl adjacent to an activating group) is 1. The highest BCUT2D eigenvalue weighted by Gasteiger charge is 2.11. The molecule has 0 fully saturated rings. The molecular weight excluding hydrogens is 186 g/mol. The molecule has 86 valence electrons. The van der Waals surface area contributed by atoms with Gasteiger partial charge in [-0.2, -0.15) is 0 Å². The fraction of sp³-hybridized carbons (Fsp3) is 0.667. The standard InChI is InChI=1S/C12H23N3/c1-10(2)12(13)11-5-6-15(9-11)8-7-14(3)4/h5-6,9-10,12H,7-8,13H2,1-4H3. The van der Waals surface area contributed by atoms with Crippen molar-refractivity contribution >= 4 is 0 Å². The molecule has 0 spiro atoms. The van der Waals surface area contributed by atoms with E-state index in [0.29, 0.717) is 5.92 Å². The van der Waals surface area contributed by atoms with E-state index < -0.39 is 0 Å². The lowest BCUT2D eigenvalue weighted by molar-refractivity contribution is 0.384. The minimum atomic E-state index is 0.158. The second kappa shape index (κ2) is 5.33. The average Bonchev–Trinajstić information content (AvgIpc) is 2.61. The summed E-state index contributed by atoms with van der Waals surface area (Å²) >= 11 is 0. The van der Waals surface area contributed by atoms with Crippen molar-refractivity contribution in [2.24, 2.45) is 11.7 Å². The summed E-state index contributed by atoms with van der Waals surface area (Å²) < 4.78 is 2.21. The zero-order chi connectivity index (χ0) is 11.4. The Bertz CT molecular complexity index is 289. The van der Waals surface area contributed by atoms with Gasteiger partial charge in [0, 0.05) is 31.5 Å². The zero-order valence-electron chi connectivity index (χ0n) is 10.3. The Morgan fingerprint density at radius 3 is 2.60 bits per heavy atom. The Kier molecular flexibility index (Phi) is 4.36. The first-order valence-corrected chi connectivity index (χ1v) is 5.56. The van der Waals surface area contributed by atoms with Crippen LogP contribution in [0.15, 0.2) is 18.5 Å². The molecule has 0 bridgehead atoms. The fourth-order valence-corrected chi connectivity index (χ4v) is 1.50. The zero-order valence-corrected chi connectivity index (χ0v) is 10.3. The summed E-state index contributed by atoms with van der Waals surface area (Å²) in [6.07, 6.45) is 4.27. The van der Waals surface area contributed by atoms with Crippen LogP contribution in [0.1, 0.15) is 25.5 Å². The summed E-state index contributed by atoms with van der Waals surface area (Å²) in [5, 5.41) is 0. The number of aromatic nitrogens is 1. The van der Waals surface area contributed by atoms with Crippen molar-refractivity contribution < 1.29 is 0 Å². The van der Waals surface area contributed by atoms with Crippen LogP contribution in [0, 0.1) is 5.92 Å². The smallest absolute Gasteiger partial charge is 0.0347 e. The Hall–Kier alpha value is -0.800. The van der Waals surface area contributed by atoms with Crippen LogP contribution < -0.4 is 5.73 Å². The lowest BCUT2D eigenvalue weighted by Crippen LogP contribution is -2.18. The fourth-order valence-electron chi connectivity index (χ4n) is 1.50. The third-order valence-electron chi connectivity index (χ3n) is 2.68. The number of nitrogens with two attached hydrogens (primary N) is 1. The molecule has 0 saturated heterocycles. The molecule has 1 aromatic heterocycles. The first kappa shape index (κ1) is 12.3. The molecule has 0 aliphatic carbocycles. The summed E-state index contributed by atoms with van der Waals surface area (Å²) in [4.78, 5) is 2.18. The van der Waals surface area contributed by atoms with Crippen LogP contribution in [-0.4, -0.2) is 30.1 Å². The van der Waals surface area contributed by atoms with E-state index in [4.69, 9.17) is 5.73 Å². The SMILES string of the molecule is CC(C)C(N)c1ccn(CCN(C)C)c1. The molecule has 1 heterocycles. The van der Waals surface area contributed by atoms with E-state index in [2.05, 4.69) is 55.9 Å². The van der Waals surface area contributed by atoms with Crippen molar-refractivity contribution in [3.05, 3.63) is 24.0 Å². The minimum absolute atomic E-state index is 0.158. The van der Waals surface area contributed by atoms with Gasteiger partial charge in [0.15, 0.2) is 0 Å². The molecule has 1 unspecified atom stereocenters. The van der Waals surface area contributed by atoms with Crippen molar-refractivity contribution in [3.8, 4) is 0 Å². The number of hydrogen-bond acceptors (Lipinski definition) is 2. The van der Waals surface area contributed by atoms with E-state index in [9.17, 15) is 0 Å². The highest BCUT2D eigenvalue weighted by atomic mass is 15.1. The molecule has 0 aromatic carbocycles. The Morgan fingerprint density at radius 1 is 1.40 bits per heavy atom. The maximum Gasteiger partial charge on any atom is 0.0347 e. The van der Waals surface area contributed by atoms with Crippen molar-refractivity contribution in [1.82, 2.24) is 9.47 Å². The quantitative estimate of drug-likeness (QED) is 0.801. The predicted molar refractivity (Wildman–Crippen MR) is 64.8 cm³/mol. The highest BCUT2D eigenvalue weighted by molar-refractivity contribution is 5.15. The van der Waals surface area contributed by atoms with Crippen LogP contribution in [0.2, 0.25) is 0 Å². The Morgan fingerprint density at radius 2 is 2.07 bits per heavy atom. The number of nitrogens with zero attached hydrogens (tertiary/aromatic N) is 2. The first-order chi connectivity index (χ1) is 7.00. The molecule has 15 heavy (non-hydrogen) atoms. The minimum Gasteiger partial charge on any atom is -0.353 e. The van der Waals surface area contributed by atoms with Gasteiger partial charge in [-0.3, -0.25) is 0 Å². The summed E-state index contributed by atoms with van der Waals surface area (Å²) in [6.45, 7) is 6.40. The van der Waals surface area contributed by atoms with Crippen molar-refractivity contribution in [2.75, 3.05) is 20.6 Å². The van der Waals surface area contributed by atoms with Gasteiger partial charge in [0.25, 0.3) is 0 Å². The van der Waals surface area contributed by atoms with Crippen molar-refractivity contribution in [1.29, 1.82) is 0 Å². The summed E-state index contributed by atoms with van der Waals surface area (Å²) in [6, 6.07) is 2.28. The van der Waals surface area contributed by atoms with Crippen LogP contribution in [0.3, 0.4) is 0 Å². The first-order valence-electron chi connectivity index (χ1n) is 5.56. The molecule has 1 atom stereocenters. The molecule has 0 radical (unpaired) electrons. The van der Waals surface area contributed by atoms with E-state index in [1.807, 2.05) is 0 Å². The molecule has 0 aliphatic heterocycles. The van der Waals surface area contributed by atoms with Crippen LogP contribution in [0.4, 0.5) is 0 Å². The van der Waals surface area contributed by atoms with Crippen LogP contribution >= 0.6 is 0 Å². The lowest BCUT2D eigenvalue weighted by Gasteiger charge is -2.14. The summed E-state index contributed by atoms with van der Waals surface area (Å²) in [5.74, 6) is 0.495. The van der Waals surface area contributed by atoms with E-state index in [1.165, 1.54) is 5.56 Å². The van der Waals surface area contributed by atoms with E-state index in [1.54, 1.807) is 0 Å². The molecule has 3 heteroatoms. The van der Waals surface area contributed by atoms with Crippen molar-refractivity contribution in [2.45, 2.75) is 26.4 Å². The van der Waals surface area contributed by atoms with E-state index >= 15 is 0 Å². The molecule has 3 nitrogen and oxygen atoms in total. The molecule has 2 N–H and O–H groups in total. The largest absolute Gasteiger partial charge is 0.353 e. The van der Waals surface area contributed by atoms with Crippen LogP contribution in [0.5, 0.6) is 0 Å².